The van der Waals surface area contributed by atoms with Crippen LogP contribution in [-0.2, 0) is 22.4 Å². The van der Waals surface area contributed by atoms with Gasteiger partial charge >= 0.3 is 0 Å². The van der Waals surface area contributed by atoms with E-state index < -0.39 is 5.92 Å². The van der Waals surface area contributed by atoms with Crippen LogP contribution < -0.4 is 0 Å². The zero-order valence-corrected chi connectivity index (χ0v) is 17.7. The monoisotopic (exact) mass is 392 g/mol. The third-order valence-electron chi connectivity index (χ3n) is 5.89. The standard InChI is InChI=1S/C25H32N2O2/c1-3-4-5-6-7-20-16-26-25(27-17-20)21-11-9-19(10-12-21)15-24(29)22-13-8-18(2)14-23(22)28/h9-12,16-18,22H,3-8,13-15H2,1-2H3. The maximum absolute atomic E-state index is 12.6. The highest BCUT2D eigenvalue weighted by Crippen LogP contribution is 2.27. The molecule has 2 unspecified atom stereocenters. The fraction of sp³-hybridized carbons (Fsp3) is 0.520. The van der Waals surface area contributed by atoms with Crippen molar-refractivity contribution < 1.29 is 9.59 Å². The number of carbonyl (C=O) groups is 2. The molecule has 0 saturated heterocycles. The normalized spacial score (nSPS) is 19.3. The second kappa shape index (κ2) is 10.4. The van der Waals surface area contributed by atoms with Crippen LogP contribution in [0, 0.1) is 11.8 Å². The molecule has 0 radical (unpaired) electrons. The van der Waals surface area contributed by atoms with E-state index >= 15 is 0 Å². The summed E-state index contributed by atoms with van der Waals surface area (Å²) in [5.41, 5.74) is 3.07. The van der Waals surface area contributed by atoms with Crippen LogP contribution in [0.5, 0.6) is 0 Å². The van der Waals surface area contributed by atoms with Gasteiger partial charge in [-0.25, -0.2) is 9.97 Å². The fourth-order valence-corrected chi connectivity index (χ4v) is 4.03. The van der Waals surface area contributed by atoms with Crippen LogP contribution in [0.4, 0.5) is 0 Å². The summed E-state index contributed by atoms with van der Waals surface area (Å²) in [5.74, 6) is 0.885. The molecule has 0 N–H and O–H groups in total. The molecule has 4 nitrogen and oxygen atoms in total. The summed E-state index contributed by atoms with van der Waals surface area (Å²) in [6.45, 7) is 4.30. The van der Waals surface area contributed by atoms with Gasteiger partial charge in [0, 0.05) is 30.8 Å². The first-order valence-electron chi connectivity index (χ1n) is 11.0. The smallest absolute Gasteiger partial charge is 0.159 e. The molecule has 154 valence electrons. The minimum Gasteiger partial charge on any atom is -0.299 e. The summed E-state index contributed by atoms with van der Waals surface area (Å²) in [5, 5.41) is 0. The van der Waals surface area contributed by atoms with E-state index in [1.54, 1.807) is 0 Å². The number of hydrogen-bond donors (Lipinski definition) is 0. The van der Waals surface area contributed by atoms with Crippen molar-refractivity contribution in [1.29, 1.82) is 0 Å². The van der Waals surface area contributed by atoms with Gasteiger partial charge in [0.25, 0.3) is 0 Å². The molecular formula is C25H32N2O2. The van der Waals surface area contributed by atoms with Crippen LogP contribution in [-0.4, -0.2) is 21.5 Å². The van der Waals surface area contributed by atoms with Crippen molar-refractivity contribution in [2.75, 3.05) is 0 Å². The van der Waals surface area contributed by atoms with E-state index in [1.807, 2.05) is 36.7 Å². The Bertz CT molecular complexity index is 812. The van der Waals surface area contributed by atoms with Gasteiger partial charge in [-0.05, 0) is 42.7 Å². The van der Waals surface area contributed by atoms with Crippen LogP contribution in [0.1, 0.15) is 69.9 Å². The molecule has 0 amide bonds. The number of unbranched alkanes of at least 4 members (excludes halogenated alkanes) is 3. The van der Waals surface area contributed by atoms with Crippen LogP contribution in [0.3, 0.4) is 0 Å². The Kier molecular flexibility index (Phi) is 7.68. The van der Waals surface area contributed by atoms with E-state index in [9.17, 15) is 9.59 Å². The first-order valence-corrected chi connectivity index (χ1v) is 11.0. The van der Waals surface area contributed by atoms with E-state index in [-0.39, 0.29) is 11.6 Å². The Morgan fingerprint density at radius 3 is 2.38 bits per heavy atom. The van der Waals surface area contributed by atoms with Crippen molar-refractivity contribution >= 4 is 11.6 Å². The lowest BCUT2D eigenvalue weighted by molar-refractivity contribution is -0.134. The van der Waals surface area contributed by atoms with E-state index in [1.165, 1.54) is 31.2 Å². The average Bonchev–Trinajstić information content (AvgIpc) is 2.72. The number of benzene rings is 1. The topological polar surface area (TPSA) is 59.9 Å². The van der Waals surface area contributed by atoms with Gasteiger partial charge in [0.15, 0.2) is 5.82 Å². The third-order valence-corrected chi connectivity index (χ3v) is 5.89. The van der Waals surface area contributed by atoms with Crippen molar-refractivity contribution in [3.05, 3.63) is 47.8 Å². The second-order valence-electron chi connectivity index (χ2n) is 8.47. The number of carbonyl (C=O) groups excluding carboxylic acids is 2. The Balaban J connectivity index is 1.55. The van der Waals surface area contributed by atoms with Gasteiger partial charge in [-0.15, -0.1) is 0 Å². The van der Waals surface area contributed by atoms with Crippen LogP contribution in [0.2, 0.25) is 0 Å². The summed E-state index contributed by atoms with van der Waals surface area (Å²) >= 11 is 0. The van der Waals surface area contributed by atoms with E-state index in [4.69, 9.17) is 0 Å². The van der Waals surface area contributed by atoms with Crippen molar-refractivity contribution in [2.45, 2.75) is 71.6 Å². The predicted octanol–water partition coefficient (Wildman–Crippen LogP) is 5.38. The number of nitrogens with zero attached hydrogens (tertiary/aromatic N) is 2. The quantitative estimate of drug-likeness (QED) is 0.424. The maximum atomic E-state index is 12.6. The highest BCUT2D eigenvalue weighted by atomic mass is 16.1. The van der Waals surface area contributed by atoms with Gasteiger partial charge in [0.2, 0.25) is 0 Å². The third kappa shape index (κ3) is 6.06. The highest BCUT2D eigenvalue weighted by Gasteiger charge is 2.31. The minimum atomic E-state index is -0.404. The first kappa shape index (κ1) is 21.4. The van der Waals surface area contributed by atoms with Crippen molar-refractivity contribution in [2.24, 2.45) is 11.8 Å². The number of rotatable bonds is 9. The molecule has 1 aliphatic rings. The Morgan fingerprint density at radius 2 is 1.72 bits per heavy atom. The van der Waals surface area contributed by atoms with Gasteiger partial charge in [-0.2, -0.15) is 0 Å². The molecule has 1 aromatic carbocycles. The van der Waals surface area contributed by atoms with Crippen LogP contribution >= 0.6 is 0 Å². The lowest BCUT2D eigenvalue weighted by Gasteiger charge is -2.23. The summed E-state index contributed by atoms with van der Waals surface area (Å²) < 4.78 is 0. The summed E-state index contributed by atoms with van der Waals surface area (Å²) in [6, 6.07) is 7.82. The number of aryl methyl sites for hydroxylation is 1. The molecule has 1 aromatic heterocycles. The van der Waals surface area contributed by atoms with Gasteiger partial charge in [-0.1, -0.05) is 57.4 Å². The molecule has 0 spiro atoms. The van der Waals surface area contributed by atoms with Gasteiger partial charge in [0.05, 0.1) is 5.92 Å². The van der Waals surface area contributed by atoms with Gasteiger partial charge in [-0.3, -0.25) is 9.59 Å². The molecule has 1 heterocycles. The molecule has 1 aliphatic carbocycles. The lowest BCUT2D eigenvalue weighted by Crippen LogP contribution is -2.31. The van der Waals surface area contributed by atoms with E-state index in [2.05, 4.69) is 23.8 Å². The number of aromatic nitrogens is 2. The fourth-order valence-electron chi connectivity index (χ4n) is 4.03. The summed E-state index contributed by atoms with van der Waals surface area (Å²) in [4.78, 5) is 33.7. The maximum Gasteiger partial charge on any atom is 0.159 e. The molecule has 2 atom stereocenters. The number of Topliss-reactive ketones (excluding diaryl/α,β-unsaturated/α-hetero) is 2. The van der Waals surface area contributed by atoms with E-state index in [0.717, 1.165) is 24.0 Å². The second-order valence-corrected chi connectivity index (χ2v) is 8.47. The average molecular weight is 393 g/mol. The van der Waals surface area contributed by atoms with Crippen molar-refractivity contribution in [1.82, 2.24) is 9.97 Å². The number of hydrogen-bond acceptors (Lipinski definition) is 4. The minimum absolute atomic E-state index is 0.0540. The summed E-state index contributed by atoms with van der Waals surface area (Å²) in [7, 11) is 0. The van der Waals surface area contributed by atoms with Crippen LogP contribution in [0.25, 0.3) is 11.4 Å². The lowest BCUT2D eigenvalue weighted by atomic mass is 9.78. The Labute approximate surface area is 174 Å². The first-order chi connectivity index (χ1) is 14.1. The van der Waals surface area contributed by atoms with Crippen LogP contribution in [0.15, 0.2) is 36.7 Å². The van der Waals surface area contributed by atoms with Crippen molar-refractivity contribution in [3.8, 4) is 11.4 Å². The largest absolute Gasteiger partial charge is 0.299 e. The Morgan fingerprint density at radius 1 is 1.00 bits per heavy atom. The Hall–Kier alpha value is -2.36. The van der Waals surface area contributed by atoms with Gasteiger partial charge < -0.3 is 0 Å². The number of ketones is 2. The zero-order valence-electron chi connectivity index (χ0n) is 17.7. The molecule has 0 bridgehead atoms. The highest BCUT2D eigenvalue weighted by molar-refractivity contribution is 6.03. The van der Waals surface area contributed by atoms with E-state index in [0.29, 0.717) is 31.0 Å². The molecule has 1 saturated carbocycles. The zero-order chi connectivity index (χ0) is 20.6. The summed E-state index contributed by atoms with van der Waals surface area (Å²) in [6.07, 6.45) is 12.4. The molecule has 2 aromatic rings. The SMILES string of the molecule is CCCCCCc1cnc(-c2ccc(CC(=O)C3CCC(C)CC3=O)cc2)nc1. The molecule has 29 heavy (non-hydrogen) atoms. The molecule has 4 heteroatoms. The predicted molar refractivity (Wildman–Crippen MR) is 116 cm³/mol. The van der Waals surface area contributed by atoms with Gasteiger partial charge in [0.1, 0.15) is 11.6 Å². The molecular weight excluding hydrogens is 360 g/mol. The molecule has 3 rings (SSSR count). The van der Waals surface area contributed by atoms with Crippen molar-refractivity contribution in [3.63, 3.8) is 0 Å². The molecule has 0 aliphatic heterocycles. The molecule has 1 fully saturated rings.